The Balaban J connectivity index is 1.59. The maximum absolute atomic E-state index is 12.3. The van der Waals surface area contributed by atoms with E-state index < -0.39 is 0 Å². The van der Waals surface area contributed by atoms with Crippen LogP contribution < -0.4 is 0 Å². The Morgan fingerprint density at radius 1 is 1.10 bits per heavy atom. The van der Waals surface area contributed by atoms with Crippen molar-refractivity contribution >= 4 is 5.91 Å². The lowest BCUT2D eigenvalue weighted by atomic mass is 9.81. The van der Waals surface area contributed by atoms with Crippen molar-refractivity contribution in [1.29, 1.82) is 0 Å². The molecule has 1 fully saturated rings. The zero-order valence-electron chi connectivity index (χ0n) is 12.4. The van der Waals surface area contributed by atoms with Gasteiger partial charge in [0.05, 0.1) is 11.8 Å². The summed E-state index contributed by atoms with van der Waals surface area (Å²) in [5.41, 5.74) is 2.07. The molecule has 1 aliphatic rings. The molecule has 1 amide bonds. The summed E-state index contributed by atoms with van der Waals surface area (Å²) in [6.07, 6.45) is 7.51. The van der Waals surface area contributed by atoms with Gasteiger partial charge >= 0.3 is 0 Å². The SMILES string of the molecule is CN(C(=O)c1ccoc1)C1CCC(c2ccccc2)CC1. The van der Waals surface area contributed by atoms with Crippen LogP contribution in [0.15, 0.2) is 53.3 Å². The van der Waals surface area contributed by atoms with Crippen molar-refractivity contribution in [3.63, 3.8) is 0 Å². The van der Waals surface area contributed by atoms with Gasteiger partial charge in [-0.25, -0.2) is 0 Å². The highest BCUT2D eigenvalue weighted by atomic mass is 16.3. The van der Waals surface area contributed by atoms with Gasteiger partial charge in [-0.1, -0.05) is 30.3 Å². The van der Waals surface area contributed by atoms with Gasteiger partial charge in [-0.3, -0.25) is 4.79 Å². The number of carbonyl (C=O) groups excluding carboxylic acids is 1. The van der Waals surface area contributed by atoms with E-state index in [0.717, 1.165) is 25.7 Å². The van der Waals surface area contributed by atoms with Crippen molar-refractivity contribution in [3.8, 4) is 0 Å². The first-order valence-electron chi connectivity index (χ1n) is 7.60. The molecule has 1 aromatic carbocycles. The predicted octanol–water partition coefficient (Wildman–Crippen LogP) is 4.08. The van der Waals surface area contributed by atoms with Crippen LogP contribution >= 0.6 is 0 Å². The van der Waals surface area contributed by atoms with Crippen molar-refractivity contribution in [2.24, 2.45) is 0 Å². The number of furan rings is 1. The maximum atomic E-state index is 12.3. The fourth-order valence-electron chi connectivity index (χ4n) is 3.28. The molecule has 0 aliphatic heterocycles. The summed E-state index contributed by atoms with van der Waals surface area (Å²) in [7, 11) is 1.91. The average Bonchev–Trinajstić information content (AvgIpc) is 3.09. The van der Waals surface area contributed by atoms with Gasteiger partial charge in [0.25, 0.3) is 5.91 Å². The van der Waals surface area contributed by atoms with Crippen molar-refractivity contribution < 1.29 is 9.21 Å². The van der Waals surface area contributed by atoms with Crippen LogP contribution in [-0.2, 0) is 0 Å². The lowest BCUT2D eigenvalue weighted by Crippen LogP contribution is -2.39. The molecule has 3 heteroatoms. The number of carbonyl (C=O) groups is 1. The molecule has 110 valence electrons. The first kappa shape index (κ1) is 13.9. The third-order valence-corrected chi connectivity index (χ3v) is 4.60. The van der Waals surface area contributed by atoms with E-state index in [1.54, 1.807) is 12.3 Å². The number of amides is 1. The smallest absolute Gasteiger partial charge is 0.257 e. The topological polar surface area (TPSA) is 33.5 Å². The fraction of sp³-hybridized carbons (Fsp3) is 0.389. The van der Waals surface area contributed by atoms with Gasteiger partial charge in [-0.15, -0.1) is 0 Å². The Morgan fingerprint density at radius 2 is 1.81 bits per heavy atom. The number of rotatable bonds is 3. The Hall–Kier alpha value is -2.03. The molecule has 0 radical (unpaired) electrons. The monoisotopic (exact) mass is 283 g/mol. The largest absolute Gasteiger partial charge is 0.472 e. The van der Waals surface area contributed by atoms with E-state index in [0.29, 0.717) is 17.5 Å². The molecule has 0 unspecified atom stereocenters. The third kappa shape index (κ3) is 3.02. The molecule has 3 rings (SSSR count). The van der Waals surface area contributed by atoms with Crippen LogP contribution in [0.5, 0.6) is 0 Å². The molecule has 3 nitrogen and oxygen atoms in total. The van der Waals surface area contributed by atoms with Gasteiger partial charge in [-0.05, 0) is 43.2 Å². The van der Waals surface area contributed by atoms with Crippen LogP contribution in [0.25, 0.3) is 0 Å². The Labute approximate surface area is 125 Å². The average molecular weight is 283 g/mol. The van der Waals surface area contributed by atoms with Gasteiger partial charge in [0.2, 0.25) is 0 Å². The number of nitrogens with zero attached hydrogens (tertiary/aromatic N) is 1. The number of benzene rings is 1. The van der Waals surface area contributed by atoms with Gasteiger partial charge in [-0.2, -0.15) is 0 Å². The minimum Gasteiger partial charge on any atom is -0.472 e. The van der Waals surface area contributed by atoms with Crippen molar-refractivity contribution in [1.82, 2.24) is 4.90 Å². The Bertz CT molecular complexity index is 569. The molecule has 1 aromatic heterocycles. The normalized spacial score (nSPS) is 22.0. The van der Waals surface area contributed by atoms with Crippen molar-refractivity contribution in [2.45, 2.75) is 37.6 Å². The lowest BCUT2D eigenvalue weighted by molar-refractivity contribution is 0.0688. The quantitative estimate of drug-likeness (QED) is 0.850. The first-order valence-corrected chi connectivity index (χ1v) is 7.60. The van der Waals surface area contributed by atoms with E-state index >= 15 is 0 Å². The molecule has 1 heterocycles. The summed E-state index contributed by atoms with van der Waals surface area (Å²) >= 11 is 0. The summed E-state index contributed by atoms with van der Waals surface area (Å²) in [4.78, 5) is 14.2. The van der Waals surface area contributed by atoms with Crippen LogP contribution in [0, 0.1) is 0 Å². The molecule has 0 saturated heterocycles. The molecule has 0 bridgehead atoms. The Kier molecular flexibility index (Phi) is 4.09. The predicted molar refractivity (Wildman–Crippen MR) is 82.2 cm³/mol. The second kappa shape index (κ2) is 6.17. The second-order valence-electron chi connectivity index (χ2n) is 5.84. The number of hydrogen-bond acceptors (Lipinski definition) is 2. The van der Waals surface area contributed by atoms with Gasteiger partial charge < -0.3 is 9.32 Å². The third-order valence-electron chi connectivity index (χ3n) is 4.60. The molecule has 2 aromatic rings. The first-order chi connectivity index (χ1) is 10.3. The van der Waals surface area contributed by atoms with Gasteiger partial charge in [0.15, 0.2) is 0 Å². The number of hydrogen-bond donors (Lipinski definition) is 0. The highest BCUT2D eigenvalue weighted by molar-refractivity contribution is 5.93. The molecule has 0 spiro atoms. The van der Waals surface area contributed by atoms with E-state index in [1.807, 2.05) is 11.9 Å². The van der Waals surface area contributed by atoms with E-state index in [2.05, 4.69) is 30.3 Å². The highest BCUT2D eigenvalue weighted by Gasteiger charge is 2.27. The van der Waals surface area contributed by atoms with Crippen molar-refractivity contribution in [3.05, 3.63) is 60.1 Å². The standard InChI is InChI=1S/C18H21NO2/c1-19(18(20)16-11-12-21-13-16)17-9-7-15(8-10-17)14-5-3-2-4-6-14/h2-6,11-13,15,17H,7-10H2,1H3. The summed E-state index contributed by atoms with van der Waals surface area (Å²) < 4.78 is 5.00. The molecule has 0 atom stereocenters. The second-order valence-corrected chi connectivity index (χ2v) is 5.84. The lowest BCUT2D eigenvalue weighted by Gasteiger charge is -2.34. The maximum Gasteiger partial charge on any atom is 0.257 e. The van der Waals surface area contributed by atoms with E-state index in [-0.39, 0.29) is 5.91 Å². The summed E-state index contributed by atoms with van der Waals surface area (Å²) in [5.74, 6) is 0.701. The van der Waals surface area contributed by atoms with Crippen molar-refractivity contribution in [2.75, 3.05) is 7.05 Å². The van der Waals surface area contributed by atoms with Crippen LogP contribution in [0.3, 0.4) is 0 Å². The zero-order chi connectivity index (χ0) is 14.7. The van der Waals surface area contributed by atoms with Crippen LogP contribution in [0.1, 0.15) is 47.5 Å². The van der Waals surface area contributed by atoms with E-state index in [1.165, 1.54) is 11.8 Å². The summed E-state index contributed by atoms with van der Waals surface area (Å²) in [6, 6.07) is 12.8. The van der Waals surface area contributed by atoms with Crippen LogP contribution in [0.4, 0.5) is 0 Å². The van der Waals surface area contributed by atoms with Crippen LogP contribution in [-0.4, -0.2) is 23.9 Å². The molecule has 1 saturated carbocycles. The molecule has 0 N–H and O–H groups in total. The van der Waals surface area contributed by atoms with E-state index in [4.69, 9.17) is 4.42 Å². The molecule has 1 aliphatic carbocycles. The Morgan fingerprint density at radius 3 is 2.43 bits per heavy atom. The van der Waals surface area contributed by atoms with Gasteiger partial charge in [0, 0.05) is 13.1 Å². The van der Waals surface area contributed by atoms with Gasteiger partial charge in [0.1, 0.15) is 6.26 Å². The molecule has 21 heavy (non-hydrogen) atoms. The molecular weight excluding hydrogens is 262 g/mol. The van der Waals surface area contributed by atoms with E-state index in [9.17, 15) is 4.79 Å². The van der Waals surface area contributed by atoms with Crippen LogP contribution in [0.2, 0.25) is 0 Å². The molecular formula is C18H21NO2. The minimum absolute atomic E-state index is 0.0620. The fourth-order valence-corrected chi connectivity index (χ4v) is 3.28. The zero-order valence-corrected chi connectivity index (χ0v) is 12.4. The summed E-state index contributed by atoms with van der Waals surface area (Å²) in [5, 5.41) is 0. The minimum atomic E-state index is 0.0620. The highest BCUT2D eigenvalue weighted by Crippen LogP contribution is 2.34. The summed E-state index contributed by atoms with van der Waals surface area (Å²) in [6.45, 7) is 0.